The molecule has 53 heavy (non-hydrogen) atoms. The summed E-state index contributed by atoms with van der Waals surface area (Å²) < 4.78 is 23.0. The van der Waals surface area contributed by atoms with Gasteiger partial charge in [0.25, 0.3) is 0 Å². The van der Waals surface area contributed by atoms with Gasteiger partial charge in [-0.05, 0) is 83.8 Å². The Morgan fingerprint density at radius 1 is 0.811 bits per heavy atom. The van der Waals surface area contributed by atoms with Crippen LogP contribution in [0.3, 0.4) is 0 Å². The second-order valence-corrected chi connectivity index (χ2v) is 13.3. The Labute approximate surface area is 327 Å². The van der Waals surface area contributed by atoms with Crippen LogP contribution in [0.4, 0.5) is 0 Å². The number of nitrogens with zero attached hydrogens (tertiary/aromatic N) is 3. The Kier molecular flexibility index (Phi) is 14.4. The largest absolute Gasteiger partial charge is 0.497 e. The van der Waals surface area contributed by atoms with Crippen LogP contribution in [0.15, 0.2) is 109 Å². The second kappa shape index (κ2) is 19.4. The molecule has 1 fully saturated rings. The van der Waals surface area contributed by atoms with Gasteiger partial charge in [-0.3, -0.25) is 9.69 Å². The van der Waals surface area contributed by atoms with Gasteiger partial charge in [0, 0.05) is 61.9 Å². The maximum atomic E-state index is 13.0. The molecule has 0 spiro atoms. The van der Waals surface area contributed by atoms with Crippen molar-refractivity contribution in [2.75, 3.05) is 39.9 Å². The quantitative estimate of drug-likeness (QED) is 0.104. The number of rotatable bonds is 14. The highest BCUT2D eigenvalue weighted by Gasteiger charge is 2.20. The minimum atomic E-state index is -0.0223. The summed E-state index contributed by atoms with van der Waals surface area (Å²) in [6.07, 6.45) is 5.83. The van der Waals surface area contributed by atoms with E-state index in [1.54, 1.807) is 43.7 Å². The Hall–Kier alpha value is -4.73. The van der Waals surface area contributed by atoms with E-state index in [-0.39, 0.29) is 18.3 Å². The molecule has 0 unspecified atom stereocenters. The van der Waals surface area contributed by atoms with Gasteiger partial charge in [-0.25, -0.2) is 4.98 Å². The Bertz CT molecular complexity index is 1940. The van der Waals surface area contributed by atoms with Gasteiger partial charge in [0.15, 0.2) is 5.75 Å². The van der Waals surface area contributed by atoms with Crippen molar-refractivity contribution in [3.63, 3.8) is 0 Å². The van der Waals surface area contributed by atoms with E-state index in [4.69, 9.17) is 42.1 Å². The van der Waals surface area contributed by atoms with Crippen LogP contribution in [0.5, 0.6) is 28.9 Å². The monoisotopic (exact) mass is 773 g/mol. The van der Waals surface area contributed by atoms with E-state index >= 15 is 0 Å². The number of amides is 1. The SMILES string of the molecule is COc1ccc(CCOc2ccc(CN3CCN(C(=O)C=Cc4cc(C)c(Oc5ccc(OCc6ccccc6Cl)cn5)c(Cl)c4)CC3)cc2)cc1.Cl. The number of carbonyl (C=O) groups is 1. The van der Waals surface area contributed by atoms with Crippen molar-refractivity contribution < 1.29 is 23.7 Å². The zero-order valence-corrected chi connectivity index (χ0v) is 32.0. The van der Waals surface area contributed by atoms with Crippen LogP contribution in [-0.4, -0.2) is 60.6 Å². The molecule has 2 heterocycles. The van der Waals surface area contributed by atoms with Crippen LogP contribution in [0.1, 0.15) is 27.8 Å². The van der Waals surface area contributed by atoms with Gasteiger partial charge in [0.2, 0.25) is 11.8 Å². The summed E-state index contributed by atoms with van der Waals surface area (Å²) in [5.41, 5.74) is 4.95. The summed E-state index contributed by atoms with van der Waals surface area (Å²) >= 11 is 12.8. The van der Waals surface area contributed by atoms with Crippen molar-refractivity contribution in [2.24, 2.45) is 0 Å². The van der Waals surface area contributed by atoms with Crippen molar-refractivity contribution in [3.8, 4) is 28.9 Å². The fourth-order valence-electron chi connectivity index (χ4n) is 5.80. The van der Waals surface area contributed by atoms with Gasteiger partial charge in [0.05, 0.1) is 24.9 Å². The highest BCUT2D eigenvalue weighted by Crippen LogP contribution is 2.34. The number of aryl methyl sites for hydroxylation is 1. The first-order chi connectivity index (χ1) is 25.3. The molecule has 0 atom stereocenters. The number of methoxy groups -OCH3 is 1. The van der Waals surface area contributed by atoms with E-state index in [1.807, 2.05) is 66.4 Å². The fourth-order valence-corrected chi connectivity index (χ4v) is 6.31. The third-order valence-corrected chi connectivity index (χ3v) is 9.42. The third-order valence-electron chi connectivity index (χ3n) is 8.77. The maximum absolute atomic E-state index is 13.0. The lowest BCUT2D eigenvalue weighted by Crippen LogP contribution is -2.47. The summed E-state index contributed by atoms with van der Waals surface area (Å²) in [7, 11) is 1.67. The molecule has 0 saturated carbocycles. The van der Waals surface area contributed by atoms with E-state index in [0.29, 0.717) is 53.7 Å². The topological polar surface area (TPSA) is 73.4 Å². The first-order valence-corrected chi connectivity index (χ1v) is 17.9. The number of piperazine rings is 1. The maximum Gasteiger partial charge on any atom is 0.246 e. The van der Waals surface area contributed by atoms with Gasteiger partial charge in [-0.1, -0.05) is 65.7 Å². The molecule has 0 radical (unpaired) electrons. The first-order valence-electron chi connectivity index (χ1n) is 17.2. The van der Waals surface area contributed by atoms with Crippen LogP contribution in [0.25, 0.3) is 6.08 Å². The average Bonchev–Trinajstić information content (AvgIpc) is 3.17. The smallest absolute Gasteiger partial charge is 0.246 e. The lowest BCUT2D eigenvalue weighted by Gasteiger charge is -2.34. The molecule has 11 heteroatoms. The van der Waals surface area contributed by atoms with Crippen molar-refractivity contribution in [1.29, 1.82) is 0 Å². The highest BCUT2D eigenvalue weighted by atomic mass is 35.5. The lowest BCUT2D eigenvalue weighted by atomic mass is 10.1. The summed E-state index contributed by atoms with van der Waals surface area (Å²) in [5.74, 6) is 3.17. The molecule has 1 aliphatic heterocycles. The number of ether oxygens (including phenoxy) is 4. The minimum Gasteiger partial charge on any atom is -0.497 e. The Morgan fingerprint density at radius 3 is 2.19 bits per heavy atom. The van der Waals surface area contributed by atoms with Gasteiger partial charge in [-0.15, -0.1) is 12.4 Å². The molecule has 4 aromatic carbocycles. The minimum absolute atomic E-state index is 0. The van der Waals surface area contributed by atoms with Crippen molar-refractivity contribution in [3.05, 3.63) is 147 Å². The summed E-state index contributed by atoms with van der Waals surface area (Å²) in [4.78, 5) is 21.7. The molecular formula is C42H42Cl3N3O5. The number of benzene rings is 4. The van der Waals surface area contributed by atoms with Crippen LogP contribution in [0, 0.1) is 6.92 Å². The molecule has 6 rings (SSSR count). The molecule has 0 bridgehead atoms. The highest BCUT2D eigenvalue weighted by molar-refractivity contribution is 6.32. The normalized spacial score (nSPS) is 13.0. The Balaban J connectivity index is 0.00000541. The Morgan fingerprint density at radius 2 is 1.51 bits per heavy atom. The van der Waals surface area contributed by atoms with Crippen molar-refractivity contribution in [2.45, 2.75) is 26.5 Å². The molecular weight excluding hydrogens is 733 g/mol. The average molecular weight is 775 g/mol. The third kappa shape index (κ3) is 11.4. The number of hydrogen-bond acceptors (Lipinski definition) is 7. The molecule has 276 valence electrons. The van der Waals surface area contributed by atoms with Crippen molar-refractivity contribution in [1.82, 2.24) is 14.8 Å². The molecule has 1 amide bonds. The van der Waals surface area contributed by atoms with Crippen LogP contribution >= 0.6 is 35.6 Å². The molecule has 1 aliphatic rings. The van der Waals surface area contributed by atoms with E-state index in [9.17, 15) is 4.79 Å². The van der Waals surface area contributed by atoms with Crippen molar-refractivity contribution >= 4 is 47.6 Å². The first kappa shape index (κ1) is 39.5. The molecule has 5 aromatic rings. The number of aromatic nitrogens is 1. The summed E-state index contributed by atoms with van der Waals surface area (Å²) in [6, 6.07) is 31.1. The second-order valence-electron chi connectivity index (χ2n) is 12.5. The number of carbonyl (C=O) groups excluding carboxylic acids is 1. The number of halogens is 3. The van der Waals surface area contributed by atoms with E-state index in [1.165, 1.54) is 11.1 Å². The van der Waals surface area contributed by atoms with E-state index in [2.05, 4.69) is 34.1 Å². The van der Waals surface area contributed by atoms with Crippen LogP contribution < -0.4 is 18.9 Å². The lowest BCUT2D eigenvalue weighted by molar-refractivity contribution is -0.127. The molecule has 1 saturated heterocycles. The number of pyridine rings is 1. The predicted octanol–water partition coefficient (Wildman–Crippen LogP) is 9.48. The van der Waals surface area contributed by atoms with Crippen LogP contribution in [0.2, 0.25) is 10.0 Å². The van der Waals surface area contributed by atoms with Gasteiger partial charge >= 0.3 is 0 Å². The van der Waals surface area contributed by atoms with Gasteiger partial charge in [-0.2, -0.15) is 0 Å². The zero-order valence-electron chi connectivity index (χ0n) is 29.7. The van der Waals surface area contributed by atoms with Crippen LogP contribution in [-0.2, 0) is 24.4 Å². The molecule has 0 aliphatic carbocycles. The molecule has 0 N–H and O–H groups in total. The zero-order chi connectivity index (χ0) is 36.3. The number of hydrogen-bond donors (Lipinski definition) is 0. The van der Waals surface area contributed by atoms with E-state index in [0.717, 1.165) is 54.2 Å². The van der Waals surface area contributed by atoms with E-state index < -0.39 is 0 Å². The fraction of sp³-hybridized carbons (Fsp3) is 0.238. The van der Waals surface area contributed by atoms with Gasteiger partial charge < -0.3 is 23.8 Å². The van der Waals surface area contributed by atoms with Gasteiger partial charge in [0.1, 0.15) is 23.9 Å². The molecule has 1 aromatic heterocycles. The molecule has 8 nitrogen and oxygen atoms in total. The standard InChI is InChI=1S/C42H41Cl2N3O5.ClH/c1-30-25-33(26-39(44)42(30)52-40-17-16-37(27-45-40)51-29-34-5-3-4-6-38(34)43)11-18-41(48)47-22-20-46(21-23-47)28-32-9-14-36(15-10-32)50-24-19-31-7-12-35(49-2)13-8-31;/h3-18,25-27H,19-24,28-29H2,1-2H3;1H. The summed E-state index contributed by atoms with van der Waals surface area (Å²) in [6.45, 7) is 6.62. The predicted molar refractivity (Wildman–Crippen MR) is 213 cm³/mol. The summed E-state index contributed by atoms with van der Waals surface area (Å²) in [5, 5.41) is 1.08.